The Kier molecular flexibility index (Phi) is 4.70. The molecular formula is C11H21N3O2S. The number of rotatable bonds is 6. The van der Waals surface area contributed by atoms with Crippen LogP contribution in [0.25, 0.3) is 0 Å². The SMILES string of the molecule is CCc1nc(S(N)(=O)=O)cn1CCCC(C)C. The van der Waals surface area contributed by atoms with Crippen molar-refractivity contribution in [2.45, 2.75) is 51.6 Å². The number of hydrogen-bond donors (Lipinski definition) is 1. The van der Waals surface area contributed by atoms with Gasteiger partial charge in [0.1, 0.15) is 5.82 Å². The van der Waals surface area contributed by atoms with Crippen LogP contribution in [0, 0.1) is 5.92 Å². The first-order valence-electron chi connectivity index (χ1n) is 5.93. The summed E-state index contributed by atoms with van der Waals surface area (Å²) in [6.07, 6.45) is 4.38. The summed E-state index contributed by atoms with van der Waals surface area (Å²) < 4.78 is 24.3. The van der Waals surface area contributed by atoms with Crippen molar-refractivity contribution < 1.29 is 8.42 Å². The van der Waals surface area contributed by atoms with E-state index in [1.807, 2.05) is 11.5 Å². The first-order valence-corrected chi connectivity index (χ1v) is 7.48. The summed E-state index contributed by atoms with van der Waals surface area (Å²) in [4.78, 5) is 4.05. The maximum absolute atomic E-state index is 11.2. The van der Waals surface area contributed by atoms with Crippen LogP contribution in [0.2, 0.25) is 0 Å². The lowest BCUT2D eigenvalue weighted by molar-refractivity contribution is 0.504. The summed E-state index contributed by atoms with van der Waals surface area (Å²) in [5.41, 5.74) is 0. The molecule has 1 heterocycles. The van der Waals surface area contributed by atoms with Crippen molar-refractivity contribution in [3.05, 3.63) is 12.0 Å². The number of hydrogen-bond acceptors (Lipinski definition) is 3. The second-order valence-electron chi connectivity index (χ2n) is 4.62. The van der Waals surface area contributed by atoms with E-state index < -0.39 is 10.0 Å². The zero-order chi connectivity index (χ0) is 13.1. The van der Waals surface area contributed by atoms with Gasteiger partial charge in [0.15, 0.2) is 5.03 Å². The lowest BCUT2D eigenvalue weighted by Crippen LogP contribution is -2.12. The molecular weight excluding hydrogens is 238 g/mol. The molecule has 6 heteroatoms. The molecule has 0 bridgehead atoms. The molecule has 1 aromatic heterocycles. The number of nitrogens with zero attached hydrogens (tertiary/aromatic N) is 2. The maximum Gasteiger partial charge on any atom is 0.257 e. The summed E-state index contributed by atoms with van der Waals surface area (Å²) in [7, 11) is -3.69. The molecule has 5 nitrogen and oxygen atoms in total. The largest absolute Gasteiger partial charge is 0.333 e. The Hall–Kier alpha value is -0.880. The van der Waals surface area contributed by atoms with Gasteiger partial charge in [-0.05, 0) is 18.8 Å². The number of imidazole rings is 1. The van der Waals surface area contributed by atoms with E-state index in [4.69, 9.17) is 5.14 Å². The van der Waals surface area contributed by atoms with Crippen LogP contribution in [-0.2, 0) is 23.0 Å². The lowest BCUT2D eigenvalue weighted by Gasteiger charge is -2.07. The molecule has 1 aromatic rings. The highest BCUT2D eigenvalue weighted by molar-refractivity contribution is 7.89. The van der Waals surface area contributed by atoms with Gasteiger partial charge in [0.2, 0.25) is 0 Å². The molecule has 0 aromatic carbocycles. The van der Waals surface area contributed by atoms with Gasteiger partial charge in [-0.15, -0.1) is 0 Å². The highest BCUT2D eigenvalue weighted by Gasteiger charge is 2.15. The average molecular weight is 259 g/mol. The third kappa shape index (κ3) is 4.12. The third-order valence-corrected chi connectivity index (χ3v) is 3.40. The molecule has 2 N–H and O–H groups in total. The second-order valence-corrected chi connectivity index (χ2v) is 6.13. The van der Waals surface area contributed by atoms with E-state index in [9.17, 15) is 8.42 Å². The molecule has 0 aliphatic heterocycles. The average Bonchev–Trinajstić information content (AvgIpc) is 2.60. The van der Waals surface area contributed by atoms with E-state index >= 15 is 0 Å². The molecule has 0 amide bonds. The Morgan fingerprint density at radius 2 is 2.12 bits per heavy atom. The van der Waals surface area contributed by atoms with Gasteiger partial charge in [-0.25, -0.2) is 18.5 Å². The van der Waals surface area contributed by atoms with Crippen LogP contribution in [0.4, 0.5) is 0 Å². The molecule has 0 unspecified atom stereocenters. The van der Waals surface area contributed by atoms with Crippen LogP contribution in [0.5, 0.6) is 0 Å². The molecule has 98 valence electrons. The Morgan fingerprint density at radius 1 is 1.47 bits per heavy atom. The fourth-order valence-electron chi connectivity index (χ4n) is 1.71. The van der Waals surface area contributed by atoms with Crippen molar-refractivity contribution in [1.82, 2.24) is 9.55 Å². The zero-order valence-corrected chi connectivity index (χ0v) is 11.5. The van der Waals surface area contributed by atoms with Crippen molar-refractivity contribution in [3.8, 4) is 0 Å². The Balaban J connectivity index is 2.81. The van der Waals surface area contributed by atoms with Gasteiger partial charge in [-0.2, -0.15) is 0 Å². The van der Waals surface area contributed by atoms with Gasteiger partial charge in [-0.1, -0.05) is 20.8 Å². The normalized spacial score (nSPS) is 12.3. The molecule has 0 aliphatic rings. The Labute approximate surface area is 103 Å². The van der Waals surface area contributed by atoms with Crippen LogP contribution in [0.3, 0.4) is 0 Å². The van der Waals surface area contributed by atoms with Crippen molar-refractivity contribution in [3.63, 3.8) is 0 Å². The quantitative estimate of drug-likeness (QED) is 0.841. The maximum atomic E-state index is 11.2. The van der Waals surface area contributed by atoms with Crippen molar-refractivity contribution >= 4 is 10.0 Å². The smallest absolute Gasteiger partial charge is 0.257 e. The van der Waals surface area contributed by atoms with Crippen LogP contribution in [0.15, 0.2) is 11.2 Å². The van der Waals surface area contributed by atoms with Crippen molar-refractivity contribution in [2.75, 3.05) is 0 Å². The highest BCUT2D eigenvalue weighted by Crippen LogP contribution is 2.11. The first kappa shape index (κ1) is 14.2. The van der Waals surface area contributed by atoms with Gasteiger partial charge in [-0.3, -0.25) is 0 Å². The third-order valence-electron chi connectivity index (χ3n) is 2.63. The standard InChI is InChI=1S/C11H21N3O2S/c1-4-10-13-11(17(12,15)16)8-14(10)7-5-6-9(2)3/h8-9H,4-7H2,1-3H3,(H2,12,15,16). The van der Waals surface area contributed by atoms with Crippen LogP contribution >= 0.6 is 0 Å². The number of nitrogens with two attached hydrogens (primary N) is 1. The van der Waals surface area contributed by atoms with Gasteiger partial charge < -0.3 is 4.57 Å². The summed E-state index contributed by atoms with van der Waals surface area (Å²) in [6, 6.07) is 0. The van der Waals surface area contributed by atoms with Gasteiger partial charge >= 0.3 is 0 Å². The predicted molar refractivity (Wildman–Crippen MR) is 67.1 cm³/mol. The highest BCUT2D eigenvalue weighted by atomic mass is 32.2. The Morgan fingerprint density at radius 3 is 2.59 bits per heavy atom. The number of aryl methyl sites for hydroxylation is 2. The fraction of sp³-hybridized carbons (Fsp3) is 0.727. The molecule has 0 saturated carbocycles. The molecule has 17 heavy (non-hydrogen) atoms. The van der Waals surface area contributed by atoms with Crippen molar-refractivity contribution in [1.29, 1.82) is 0 Å². The van der Waals surface area contributed by atoms with Crippen LogP contribution in [-0.4, -0.2) is 18.0 Å². The van der Waals surface area contributed by atoms with Gasteiger partial charge in [0, 0.05) is 19.2 Å². The van der Waals surface area contributed by atoms with E-state index in [-0.39, 0.29) is 5.03 Å². The van der Waals surface area contributed by atoms with Gasteiger partial charge in [0.05, 0.1) is 0 Å². The summed E-state index contributed by atoms with van der Waals surface area (Å²) in [6.45, 7) is 7.09. The van der Waals surface area contributed by atoms with E-state index in [0.717, 1.165) is 25.2 Å². The van der Waals surface area contributed by atoms with E-state index in [1.54, 1.807) is 0 Å². The summed E-state index contributed by atoms with van der Waals surface area (Å²) in [5, 5.41) is 5.04. The number of aromatic nitrogens is 2. The van der Waals surface area contributed by atoms with E-state index in [0.29, 0.717) is 12.3 Å². The molecule has 0 atom stereocenters. The predicted octanol–water partition coefficient (Wildman–Crippen LogP) is 1.53. The topological polar surface area (TPSA) is 78.0 Å². The van der Waals surface area contributed by atoms with Crippen LogP contribution < -0.4 is 5.14 Å². The molecule has 0 aliphatic carbocycles. The minimum atomic E-state index is -3.69. The Bertz CT molecular complexity index is 463. The van der Waals surface area contributed by atoms with E-state index in [2.05, 4.69) is 18.8 Å². The lowest BCUT2D eigenvalue weighted by atomic mass is 10.1. The molecule has 0 spiro atoms. The molecule has 0 radical (unpaired) electrons. The monoisotopic (exact) mass is 259 g/mol. The number of sulfonamides is 1. The summed E-state index contributed by atoms with van der Waals surface area (Å²) >= 11 is 0. The fourth-order valence-corrected chi connectivity index (χ4v) is 2.22. The number of primary sulfonamides is 1. The minimum absolute atomic E-state index is 0.0288. The first-order chi connectivity index (χ1) is 7.84. The molecule has 0 fully saturated rings. The van der Waals surface area contributed by atoms with Crippen LogP contribution in [0.1, 0.15) is 39.4 Å². The zero-order valence-electron chi connectivity index (χ0n) is 10.7. The second kappa shape index (κ2) is 5.64. The summed E-state index contributed by atoms with van der Waals surface area (Å²) in [5.74, 6) is 1.43. The molecule has 1 rings (SSSR count). The minimum Gasteiger partial charge on any atom is -0.333 e. The van der Waals surface area contributed by atoms with Gasteiger partial charge in [0.25, 0.3) is 10.0 Å². The molecule has 0 saturated heterocycles. The van der Waals surface area contributed by atoms with Crippen molar-refractivity contribution in [2.24, 2.45) is 11.1 Å². The van der Waals surface area contributed by atoms with E-state index in [1.165, 1.54) is 6.20 Å².